The minimum absolute atomic E-state index is 0. The van der Waals surface area contributed by atoms with Crippen LogP contribution in [0.1, 0.15) is 22.3 Å². The number of rotatable bonds is 4. The van der Waals surface area contributed by atoms with Crippen molar-refractivity contribution in [2.45, 2.75) is 27.7 Å². The average molecular weight is 1440 g/mol. The zero-order chi connectivity index (χ0) is 36.4. The number of nitrogens with zero attached hydrogens (tertiary/aromatic N) is 4. The Bertz CT molecular complexity index is 2040. The van der Waals surface area contributed by atoms with Crippen LogP contribution in [0.25, 0.3) is 45.0 Å². The topological polar surface area (TPSA) is 51.6 Å². The summed E-state index contributed by atoms with van der Waals surface area (Å²) in [5.41, 5.74) is 13.0. The molecule has 0 unspecified atom stereocenters. The van der Waals surface area contributed by atoms with Gasteiger partial charge < -0.3 is 19.9 Å². The first kappa shape index (κ1) is 50.1. The van der Waals surface area contributed by atoms with Crippen molar-refractivity contribution in [2.24, 2.45) is 0 Å². The number of hydrogen-bond acceptors (Lipinski definition) is 4. The van der Waals surface area contributed by atoms with Gasteiger partial charge in [-0.3, -0.25) is 0 Å². The molecule has 4 aromatic heterocycles. The SMILES string of the molecule is Cc1c[c-]c(-c2ccccn2)cc1.Cc1ccc(-c2[c-]cccc2)nc1.Cc1ccc[c-]c1-c1ccccn1.Cc1cccnc1-c1[c-]cccc1.[Ir].[Ir].[Ir].[Ir]. The van der Waals surface area contributed by atoms with E-state index in [2.05, 4.69) is 89.2 Å². The minimum Gasteiger partial charge on any atom is -0.305 e. The molecule has 4 aromatic carbocycles. The van der Waals surface area contributed by atoms with Gasteiger partial charge in [-0.05, 0) is 60.4 Å². The second-order valence-electron chi connectivity index (χ2n) is 11.9. The van der Waals surface area contributed by atoms with Crippen molar-refractivity contribution >= 4 is 0 Å². The van der Waals surface area contributed by atoms with Crippen LogP contribution < -0.4 is 0 Å². The van der Waals surface area contributed by atoms with E-state index in [0.29, 0.717) is 0 Å². The third kappa shape index (κ3) is 16.3. The number of hydrogen-bond donors (Lipinski definition) is 0. The van der Waals surface area contributed by atoms with E-state index in [1.54, 1.807) is 12.4 Å². The number of aromatic nitrogens is 4. The van der Waals surface area contributed by atoms with Crippen molar-refractivity contribution in [3.8, 4) is 45.0 Å². The van der Waals surface area contributed by atoms with Crippen LogP contribution in [-0.4, -0.2) is 19.9 Å². The Labute approximate surface area is 386 Å². The first-order chi connectivity index (χ1) is 25.5. The predicted octanol–water partition coefficient (Wildman–Crippen LogP) is 11.4. The van der Waals surface area contributed by atoms with Gasteiger partial charge in [-0.2, -0.15) is 0 Å². The summed E-state index contributed by atoms with van der Waals surface area (Å²) < 4.78 is 0. The van der Waals surface area contributed by atoms with Gasteiger partial charge in [-0.25, -0.2) is 0 Å². The van der Waals surface area contributed by atoms with Crippen LogP contribution >= 0.6 is 0 Å². The fourth-order valence-corrected chi connectivity index (χ4v) is 4.98. The molecule has 4 heterocycles. The third-order valence-corrected chi connectivity index (χ3v) is 7.76. The van der Waals surface area contributed by atoms with Gasteiger partial charge in [0.05, 0.1) is 0 Å². The second kappa shape index (κ2) is 27.6. The molecule has 8 aromatic rings. The van der Waals surface area contributed by atoms with Gasteiger partial charge in [0, 0.05) is 105 Å². The first-order valence-electron chi connectivity index (χ1n) is 17.0. The summed E-state index contributed by atoms with van der Waals surface area (Å²) in [6, 6.07) is 60.4. The fraction of sp³-hybridized carbons (Fsp3) is 0.0833. The molecule has 8 rings (SSSR count). The molecule has 292 valence electrons. The number of pyridine rings is 4. The summed E-state index contributed by atoms with van der Waals surface area (Å²) in [5.74, 6) is 0. The summed E-state index contributed by atoms with van der Waals surface area (Å²) in [6.07, 6.45) is 7.28. The fourth-order valence-electron chi connectivity index (χ4n) is 4.98. The zero-order valence-electron chi connectivity index (χ0n) is 31.3. The molecule has 0 saturated heterocycles. The van der Waals surface area contributed by atoms with Crippen LogP contribution in [-0.2, 0) is 80.4 Å². The maximum Gasteiger partial charge on any atom is 0.0190 e. The summed E-state index contributed by atoms with van der Waals surface area (Å²) >= 11 is 0. The summed E-state index contributed by atoms with van der Waals surface area (Å²) in [4.78, 5) is 17.2. The Hall–Kier alpha value is -3.92. The molecule has 0 aliphatic heterocycles. The molecule has 0 aliphatic carbocycles. The van der Waals surface area contributed by atoms with E-state index < -0.39 is 0 Å². The molecule has 0 spiro atoms. The van der Waals surface area contributed by atoms with Crippen LogP contribution in [0.5, 0.6) is 0 Å². The summed E-state index contributed by atoms with van der Waals surface area (Å²) in [6.45, 7) is 8.22. The van der Waals surface area contributed by atoms with Gasteiger partial charge >= 0.3 is 0 Å². The molecule has 0 N–H and O–H groups in total. The van der Waals surface area contributed by atoms with Gasteiger partial charge in [0.1, 0.15) is 0 Å². The molecule has 4 radical (unpaired) electrons. The van der Waals surface area contributed by atoms with E-state index in [1.807, 2.05) is 141 Å². The molecule has 0 atom stereocenters. The number of benzene rings is 4. The average Bonchev–Trinajstić information content (AvgIpc) is 3.21. The van der Waals surface area contributed by atoms with Gasteiger partial charge in [0.2, 0.25) is 0 Å². The molecule has 4 nitrogen and oxygen atoms in total. The van der Waals surface area contributed by atoms with Crippen molar-refractivity contribution in [3.05, 3.63) is 217 Å². The van der Waals surface area contributed by atoms with Crippen LogP contribution in [0.4, 0.5) is 0 Å². The molecule has 0 bridgehead atoms. The van der Waals surface area contributed by atoms with Gasteiger partial charge in [0.15, 0.2) is 0 Å². The van der Waals surface area contributed by atoms with E-state index in [1.165, 1.54) is 22.3 Å². The van der Waals surface area contributed by atoms with Gasteiger partial charge in [0.25, 0.3) is 0 Å². The molecule has 0 aliphatic rings. The van der Waals surface area contributed by atoms with Crippen LogP contribution in [0.2, 0.25) is 0 Å². The maximum absolute atomic E-state index is 4.32. The van der Waals surface area contributed by atoms with E-state index >= 15 is 0 Å². The zero-order valence-corrected chi connectivity index (χ0v) is 40.9. The summed E-state index contributed by atoms with van der Waals surface area (Å²) in [7, 11) is 0. The van der Waals surface area contributed by atoms with Gasteiger partial charge in [-0.1, -0.05) is 61.9 Å². The molecule has 0 amide bonds. The van der Waals surface area contributed by atoms with Crippen LogP contribution in [0, 0.1) is 52.0 Å². The predicted molar refractivity (Wildman–Crippen MR) is 213 cm³/mol. The van der Waals surface area contributed by atoms with Crippen molar-refractivity contribution < 1.29 is 80.4 Å². The summed E-state index contributed by atoms with van der Waals surface area (Å²) in [5, 5.41) is 0. The molecular formula is C48H40Ir4N4-4. The maximum atomic E-state index is 4.32. The van der Waals surface area contributed by atoms with Crippen LogP contribution in [0.3, 0.4) is 0 Å². The number of aryl methyl sites for hydroxylation is 4. The van der Waals surface area contributed by atoms with E-state index in [4.69, 9.17) is 0 Å². The minimum atomic E-state index is 0. The Kier molecular flexibility index (Phi) is 24.7. The Morgan fingerprint density at radius 3 is 1.46 bits per heavy atom. The van der Waals surface area contributed by atoms with Crippen molar-refractivity contribution in [3.63, 3.8) is 0 Å². The van der Waals surface area contributed by atoms with E-state index in [0.717, 1.165) is 45.0 Å². The van der Waals surface area contributed by atoms with Gasteiger partial charge in [-0.15, -0.1) is 143 Å². The largest absolute Gasteiger partial charge is 0.305 e. The standard InChI is InChI=1S/4C12H10N.4Ir/c1-10-6-2-3-7-11(10)12-8-4-5-9-13-12;1-10-5-7-11(8-6-10)12-4-2-3-9-13-12;1-10-6-5-9-13-12(10)11-7-3-2-4-8-11;1-10-7-8-12(13-9-10)11-5-3-2-4-6-11;;;;/h2-6,8-9H,1H3;2*2-7,9H,1H3;2-5,7-9H,1H3;;;;/q4*-1;;;;. The molecule has 0 fully saturated rings. The Morgan fingerprint density at radius 1 is 0.375 bits per heavy atom. The molecule has 8 heteroatoms. The van der Waals surface area contributed by atoms with E-state index in [9.17, 15) is 0 Å². The Balaban J connectivity index is 0.000000365. The second-order valence-corrected chi connectivity index (χ2v) is 11.9. The monoisotopic (exact) mass is 1440 g/mol. The molecular weight excluding hydrogens is 1400 g/mol. The van der Waals surface area contributed by atoms with E-state index in [-0.39, 0.29) is 80.4 Å². The smallest absolute Gasteiger partial charge is 0.0190 e. The molecule has 0 saturated carbocycles. The first-order valence-corrected chi connectivity index (χ1v) is 17.0. The quantitative estimate of drug-likeness (QED) is 0.165. The third-order valence-electron chi connectivity index (χ3n) is 7.76. The normalized spacial score (nSPS) is 9.21. The van der Waals surface area contributed by atoms with Crippen molar-refractivity contribution in [1.29, 1.82) is 0 Å². The van der Waals surface area contributed by atoms with Crippen LogP contribution in [0.15, 0.2) is 170 Å². The Morgan fingerprint density at radius 2 is 0.929 bits per heavy atom. The van der Waals surface area contributed by atoms with Crippen molar-refractivity contribution in [2.75, 3.05) is 0 Å². The van der Waals surface area contributed by atoms with Crippen molar-refractivity contribution in [1.82, 2.24) is 19.9 Å². The molecule has 56 heavy (non-hydrogen) atoms.